The second-order valence-corrected chi connectivity index (χ2v) is 16.0. The maximum atomic E-state index is 12.7. The van der Waals surface area contributed by atoms with Gasteiger partial charge in [0.1, 0.15) is 12.2 Å². The van der Waals surface area contributed by atoms with Gasteiger partial charge in [-0.1, -0.05) is 110 Å². The van der Waals surface area contributed by atoms with Gasteiger partial charge in [-0.2, -0.15) is 0 Å². The number of alkyl carbamates (subject to hydrolysis) is 1. The molecule has 53 heavy (non-hydrogen) atoms. The molecule has 0 aliphatic carbocycles. The highest BCUT2D eigenvalue weighted by Gasteiger charge is 2.17. The monoisotopic (exact) mass is 754 g/mol. The molecule has 0 aliphatic rings. The number of nitrogens with one attached hydrogen (secondary N) is 1. The van der Waals surface area contributed by atoms with Crippen LogP contribution in [0, 0.1) is 0 Å². The lowest BCUT2D eigenvalue weighted by molar-refractivity contribution is -0.150. The fourth-order valence-corrected chi connectivity index (χ4v) is 6.64. The summed E-state index contributed by atoms with van der Waals surface area (Å²) in [6, 6.07) is 0. The smallest absolute Gasteiger partial charge is 0.407 e. The molecule has 314 valence electrons. The van der Waals surface area contributed by atoms with Crippen molar-refractivity contribution < 1.29 is 28.6 Å². The van der Waals surface area contributed by atoms with Crippen molar-refractivity contribution in [3.63, 3.8) is 0 Å². The van der Waals surface area contributed by atoms with Gasteiger partial charge in [-0.3, -0.25) is 9.59 Å². The molecule has 0 bridgehead atoms. The van der Waals surface area contributed by atoms with Crippen LogP contribution in [0.4, 0.5) is 4.79 Å². The fourth-order valence-electron chi connectivity index (χ4n) is 6.64. The molecule has 0 aromatic heterocycles. The molecule has 2 unspecified atom stereocenters. The van der Waals surface area contributed by atoms with Crippen LogP contribution in [-0.2, 0) is 23.8 Å². The lowest BCUT2D eigenvalue weighted by atomic mass is 10.0. The number of carbonyl (C=O) groups excluding carboxylic acids is 3. The van der Waals surface area contributed by atoms with Crippen LogP contribution in [0.15, 0.2) is 0 Å². The summed E-state index contributed by atoms with van der Waals surface area (Å²) in [5.41, 5.74) is 0. The summed E-state index contributed by atoms with van der Waals surface area (Å²) in [4.78, 5) is 41.7. The zero-order chi connectivity index (χ0) is 39.2. The van der Waals surface area contributed by atoms with E-state index in [2.05, 4.69) is 43.1 Å². The molecule has 2 atom stereocenters. The van der Waals surface area contributed by atoms with Gasteiger partial charge in [0.15, 0.2) is 0 Å². The first kappa shape index (κ1) is 51.1. The molecule has 0 saturated carbocycles. The Kier molecular flexibility index (Phi) is 37.1. The topological polar surface area (TPSA) is 97.4 Å². The Bertz CT molecular complexity index is 840. The predicted octanol–water partition coefficient (Wildman–Crippen LogP) is 11.0. The van der Waals surface area contributed by atoms with Crippen LogP contribution in [0.25, 0.3) is 0 Å². The molecule has 0 rings (SSSR count). The van der Waals surface area contributed by atoms with Gasteiger partial charge < -0.3 is 29.3 Å². The number of esters is 2. The highest BCUT2D eigenvalue weighted by Crippen LogP contribution is 2.19. The zero-order valence-corrected chi connectivity index (χ0v) is 35.8. The van der Waals surface area contributed by atoms with Crippen molar-refractivity contribution >= 4 is 18.0 Å². The van der Waals surface area contributed by atoms with Gasteiger partial charge in [-0.15, -0.1) is 0 Å². The van der Waals surface area contributed by atoms with Crippen molar-refractivity contribution in [2.45, 2.75) is 212 Å². The number of hydrogen-bond donors (Lipinski definition) is 1. The van der Waals surface area contributed by atoms with E-state index in [1.807, 2.05) is 14.1 Å². The predicted molar refractivity (Wildman–Crippen MR) is 221 cm³/mol. The van der Waals surface area contributed by atoms with Crippen LogP contribution in [0.2, 0.25) is 0 Å². The minimum absolute atomic E-state index is 0.0217. The summed E-state index contributed by atoms with van der Waals surface area (Å²) in [6.07, 6.45) is 29.6. The number of hydrogen-bond acceptors (Lipinski definition) is 8. The molecular weight excluding hydrogens is 666 g/mol. The van der Waals surface area contributed by atoms with Crippen molar-refractivity contribution in [2.75, 3.05) is 54.4 Å². The van der Waals surface area contributed by atoms with Gasteiger partial charge >= 0.3 is 18.0 Å². The molecule has 0 saturated heterocycles. The van der Waals surface area contributed by atoms with E-state index in [1.54, 1.807) is 0 Å². The number of amides is 1. The summed E-state index contributed by atoms with van der Waals surface area (Å²) >= 11 is 0. The molecule has 1 amide bonds. The standard InChI is InChI=1S/C44H87N3O6/c1-7-9-11-13-15-17-25-34-42(48)51-39-27-20-19-22-31-41(53-44(50)45-36-29-38-47(5)6)32-24-21-23-30-40(33-28-37-46(3)4)52-43(49)35-26-18-16-14-12-10-8-2/h40-41H,7-39H2,1-6H3,(H,45,50). The Balaban J connectivity index is 4.59. The molecular formula is C44H87N3O6. The first-order valence-corrected chi connectivity index (χ1v) is 22.3. The maximum Gasteiger partial charge on any atom is 0.407 e. The first-order valence-electron chi connectivity index (χ1n) is 22.3. The quantitative estimate of drug-likeness (QED) is 0.0376. The highest BCUT2D eigenvalue weighted by atomic mass is 16.6. The van der Waals surface area contributed by atoms with Crippen molar-refractivity contribution in [1.82, 2.24) is 15.1 Å². The number of unbranched alkanes of at least 4 members (excludes halogenated alkanes) is 17. The van der Waals surface area contributed by atoms with E-state index in [0.29, 0.717) is 26.0 Å². The Morgan fingerprint density at radius 1 is 0.472 bits per heavy atom. The summed E-state index contributed by atoms with van der Waals surface area (Å²) in [7, 11) is 8.23. The van der Waals surface area contributed by atoms with Crippen molar-refractivity contribution in [3.8, 4) is 0 Å². The van der Waals surface area contributed by atoms with E-state index in [4.69, 9.17) is 14.2 Å². The molecule has 0 aliphatic heterocycles. The SMILES string of the molecule is CCCCCCCCCC(=O)OCCCCCCC(CCCCCC(CCCN(C)C)OC(=O)CCCCCCCCC)OC(=O)NCCCN(C)C. The molecule has 0 spiro atoms. The number of rotatable bonds is 39. The lowest BCUT2D eigenvalue weighted by Gasteiger charge is -2.20. The van der Waals surface area contributed by atoms with E-state index in [1.165, 1.54) is 64.2 Å². The van der Waals surface area contributed by atoms with Gasteiger partial charge in [0.2, 0.25) is 0 Å². The van der Waals surface area contributed by atoms with Crippen molar-refractivity contribution in [1.29, 1.82) is 0 Å². The highest BCUT2D eigenvalue weighted by molar-refractivity contribution is 5.69. The van der Waals surface area contributed by atoms with Crippen LogP contribution in [0.5, 0.6) is 0 Å². The van der Waals surface area contributed by atoms with Crippen LogP contribution in [0.1, 0.15) is 200 Å². The van der Waals surface area contributed by atoms with E-state index in [9.17, 15) is 14.4 Å². The molecule has 9 nitrogen and oxygen atoms in total. The second kappa shape index (κ2) is 38.4. The van der Waals surface area contributed by atoms with Crippen molar-refractivity contribution in [2.24, 2.45) is 0 Å². The zero-order valence-electron chi connectivity index (χ0n) is 35.8. The molecule has 1 N–H and O–H groups in total. The van der Waals surface area contributed by atoms with Crippen LogP contribution < -0.4 is 5.32 Å². The van der Waals surface area contributed by atoms with Gasteiger partial charge in [0, 0.05) is 19.4 Å². The normalized spacial score (nSPS) is 12.6. The van der Waals surface area contributed by atoms with Gasteiger partial charge in [-0.25, -0.2) is 4.79 Å². The van der Waals surface area contributed by atoms with Crippen LogP contribution >= 0.6 is 0 Å². The minimum Gasteiger partial charge on any atom is -0.466 e. The maximum absolute atomic E-state index is 12.7. The summed E-state index contributed by atoms with van der Waals surface area (Å²) < 4.78 is 17.4. The second-order valence-electron chi connectivity index (χ2n) is 16.0. The summed E-state index contributed by atoms with van der Waals surface area (Å²) in [5.74, 6) is -0.106. The number of carbonyl (C=O) groups is 3. The molecule has 0 radical (unpaired) electrons. The Hall–Kier alpha value is -1.87. The summed E-state index contributed by atoms with van der Waals surface area (Å²) in [5, 5.41) is 2.93. The molecule has 0 heterocycles. The Labute approximate surface area is 327 Å². The largest absolute Gasteiger partial charge is 0.466 e. The van der Waals surface area contributed by atoms with E-state index in [-0.39, 0.29) is 30.2 Å². The third-order valence-electron chi connectivity index (χ3n) is 9.96. The Morgan fingerprint density at radius 2 is 0.887 bits per heavy atom. The molecule has 9 heteroatoms. The lowest BCUT2D eigenvalue weighted by Crippen LogP contribution is -2.31. The molecule has 0 fully saturated rings. The van der Waals surface area contributed by atoms with E-state index in [0.717, 1.165) is 122 Å². The van der Waals surface area contributed by atoms with E-state index >= 15 is 0 Å². The first-order chi connectivity index (χ1) is 25.7. The Morgan fingerprint density at radius 3 is 1.43 bits per heavy atom. The number of ether oxygens (including phenoxy) is 3. The molecule has 0 aromatic rings. The van der Waals surface area contributed by atoms with Crippen LogP contribution in [0.3, 0.4) is 0 Å². The minimum atomic E-state index is -0.324. The van der Waals surface area contributed by atoms with Gasteiger partial charge in [0.25, 0.3) is 0 Å². The van der Waals surface area contributed by atoms with Crippen molar-refractivity contribution in [3.05, 3.63) is 0 Å². The average Bonchev–Trinajstić information content (AvgIpc) is 3.11. The van der Waals surface area contributed by atoms with Gasteiger partial charge in [-0.05, 0) is 118 Å². The van der Waals surface area contributed by atoms with Gasteiger partial charge in [0.05, 0.1) is 6.61 Å². The fraction of sp³-hybridized carbons (Fsp3) is 0.932. The summed E-state index contributed by atoms with van der Waals surface area (Å²) in [6.45, 7) is 7.48. The van der Waals surface area contributed by atoms with Crippen LogP contribution in [-0.4, -0.2) is 94.5 Å². The third-order valence-corrected chi connectivity index (χ3v) is 9.96. The average molecular weight is 754 g/mol. The van der Waals surface area contributed by atoms with E-state index < -0.39 is 0 Å². The third kappa shape index (κ3) is 38.2. The number of nitrogens with zero attached hydrogens (tertiary/aromatic N) is 2. The molecule has 0 aromatic carbocycles.